The van der Waals surface area contributed by atoms with Crippen LogP contribution in [0.3, 0.4) is 0 Å². The van der Waals surface area contributed by atoms with Crippen LogP contribution in [0.4, 0.5) is 18.9 Å². The molecule has 0 spiro atoms. The van der Waals surface area contributed by atoms with E-state index in [9.17, 15) is 18.0 Å². The molecular formula is C15H10BrClF3NO2. The van der Waals surface area contributed by atoms with E-state index in [2.05, 4.69) is 26.0 Å². The molecule has 0 saturated carbocycles. The number of rotatable bonds is 5. The number of halogens is 5. The molecule has 0 heterocycles. The van der Waals surface area contributed by atoms with Gasteiger partial charge in [-0.15, -0.1) is 0 Å². The Morgan fingerprint density at radius 1 is 1.26 bits per heavy atom. The van der Waals surface area contributed by atoms with Crippen LogP contribution in [0.25, 0.3) is 0 Å². The van der Waals surface area contributed by atoms with E-state index in [1.165, 1.54) is 36.4 Å². The molecule has 122 valence electrons. The van der Waals surface area contributed by atoms with Crippen molar-refractivity contribution in [3.8, 4) is 5.75 Å². The van der Waals surface area contributed by atoms with Crippen LogP contribution in [-0.2, 0) is 11.2 Å². The Hall–Kier alpha value is -1.73. The van der Waals surface area contributed by atoms with Gasteiger partial charge in [0.05, 0.1) is 16.6 Å². The molecule has 0 atom stereocenters. The summed E-state index contributed by atoms with van der Waals surface area (Å²) in [4.78, 5) is 12.0. The predicted molar refractivity (Wildman–Crippen MR) is 84.5 cm³/mol. The molecule has 2 aromatic carbocycles. The Balaban J connectivity index is 2.17. The Bertz CT molecular complexity index is 711. The fourth-order valence-corrected chi connectivity index (χ4v) is 2.75. The number of amides is 1. The van der Waals surface area contributed by atoms with E-state index < -0.39 is 18.3 Å². The molecule has 0 saturated heterocycles. The van der Waals surface area contributed by atoms with Crippen LogP contribution in [0.15, 0.2) is 40.9 Å². The molecule has 1 N–H and O–H groups in total. The normalized spacial score (nSPS) is 10.7. The first-order valence-electron chi connectivity index (χ1n) is 6.33. The molecule has 1 amide bonds. The first-order chi connectivity index (χ1) is 10.8. The van der Waals surface area contributed by atoms with E-state index in [0.29, 0.717) is 5.56 Å². The Labute approximate surface area is 143 Å². The predicted octanol–water partition coefficient (Wildman–Crippen LogP) is 5.02. The highest BCUT2D eigenvalue weighted by atomic mass is 79.9. The number of carbonyl (C=O) groups is 1. The van der Waals surface area contributed by atoms with Crippen molar-refractivity contribution in [1.82, 2.24) is 0 Å². The third-order valence-corrected chi connectivity index (χ3v) is 3.57. The highest BCUT2D eigenvalue weighted by Gasteiger charge is 2.17. The molecule has 0 aliphatic rings. The average molecular weight is 409 g/mol. The topological polar surface area (TPSA) is 38.3 Å². The van der Waals surface area contributed by atoms with E-state index in [4.69, 9.17) is 11.6 Å². The van der Waals surface area contributed by atoms with Gasteiger partial charge in [-0.1, -0.05) is 23.7 Å². The molecular weight excluding hydrogens is 399 g/mol. The van der Waals surface area contributed by atoms with Crippen molar-refractivity contribution < 1.29 is 22.7 Å². The van der Waals surface area contributed by atoms with Gasteiger partial charge in [-0.25, -0.2) is 4.39 Å². The van der Waals surface area contributed by atoms with Crippen LogP contribution in [-0.4, -0.2) is 12.5 Å². The molecule has 23 heavy (non-hydrogen) atoms. The molecule has 2 aromatic rings. The van der Waals surface area contributed by atoms with E-state index in [0.717, 1.165) is 0 Å². The Kier molecular flexibility index (Phi) is 5.90. The maximum atomic E-state index is 12.8. The SMILES string of the molecule is O=C(Cc1ccc(F)cc1)Nc1cc(Cl)cc(Br)c1OC(F)F. The summed E-state index contributed by atoms with van der Waals surface area (Å²) in [6.07, 6.45) is -0.0570. The summed E-state index contributed by atoms with van der Waals surface area (Å²) in [5.41, 5.74) is 0.582. The standard InChI is InChI=1S/C15H10BrClF3NO2/c16-11-6-9(17)7-12(14(11)23-15(19)20)21-13(22)5-8-1-3-10(18)4-2-8/h1-4,6-7,15H,5H2,(H,21,22). The van der Waals surface area contributed by atoms with Crippen molar-refractivity contribution in [2.75, 3.05) is 5.32 Å². The zero-order valence-electron chi connectivity index (χ0n) is 11.5. The fourth-order valence-electron chi connectivity index (χ4n) is 1.84. The van der Waals surface area contributed by atoms with Gasteiger partial charge in [-0.3, -0.25) is 4.79 Å². The van der Waals surface area contributed by atoms with Crippen molar-refractivity contribution in [1.29, 1.82) is 0 Å². The molecule has 0 fully saturated rings. The van der Waals surface area contributed by atoms with Crippen molar-refractivity contribution in [2.24, 2.45) is 0 Å². The fraction of sp³-hybridized carbons (Fsp3) is 0.133. The lowest BCUT2D eigenvalue weighted by Crippen LogP contribution is -2.16. The Morgan fingerprint density at radius 2 is 1.91 bits per heavy atom. The minimum atomic E-state index is -3.06. The van der Waals surface area contributed by atoms with Crippen molar-refractivity contribution >= 4 is 39.1 Å². The molecule has 0 aliphatic carbocycles. The van der Waals surface area contributed by atoms with E-state index in [-0.39, 0.29) is 27.4 Å². The lowest BCUT2D eigenvalue weighted by Gasteiger charge is -2.14. The number of hydrogen-bond donors (Lipinski definition) is 1. The van der Waals surface area contributed by atoms with E-state index in [1.807, 2.05) is 0 Å². The van der Waals surface area contributed by atoms with Gasteiger partial charge < -0.3 is 10.1 Å². The van der Waals surface area contributed by atoms with Crippen LogP contribution in [0, 0.1) is 5.82 Å². The molecule has 0 unspecified atom stereocenters. The lowest BCUT2D eigenvalue weighted by atomic mass is 10.1. The second-order valence-electron chi connectivity index (χ2n) is 4.49. The van der Waals surface area contributed by atoms with Crippen LogP contribution in [0.5, 0.6) is 5.75 Å². The van der Waals surface area contributed by atoms with Gasteiger partial charge in [0.1, 0.15) is 5.82 Å². The van der Waals surface area contributed by atoms with Crippen molar-refractivity contribution in [3.63, 3.8) is 0 Å². The quantitative estimate of drug-likeness (QED) is 0.754. The smallest absolute Gasteiger partial charge is 0.387 e. The van der Waals surface area contributed by atoms with Gasteiger partial charge >= 0.3 is 6.61 Å². The van der Waals surface area contributed by atoms with Gasteiger partial charge in [0.25, 0.3) is 0 Å². The van der Waals surface area contributed by atoms with Gasteiger partial charge in [0.15, 0.2) is 5.75 Å². The summed E-state index contributed by atoms with van der Waals surface area (Å²) < 4.78 is 42.4. The van der Waals surface area contributed by atoms with Crippen LogP contribution in [0.2, 0.25) is 5.02 Å². The highest BCUT2D eigenvalue weighted by Crippen LogP contribution is 2.37. The highest BCUT2D eigenvalue weighted by molar-refractivity contribution is 9.10. The van der Waals surface area contributed by atoms with Crippen LogP contribution >= 0.6 is 27.5 Å². The number of ether oxygens (including phenoxy) is 1. The first kappa shape index (κ1) is 17.6. The monoisotopic (exact) mass is 407 g/mol. The van der Waals surface area contributed by atoms with Crippen molar-refractivity contribution in [3.05, 3.63) is 57.3 Å². The molecule has 2 rings (SSSR count). The lowest BCUT2D eigenvalue weighted by molar-refractivity contribution is -0.115. The van der Waals surface area contributed by atoms with Gasteiger partial charge in [0.2, 0.25) is 5.91 Å². The largest absolute Gasteiger partial charge is 0.431 e. The zero-order valence-corrected chi connectivity index (χ0v) is 13.8. The third-order valence-electron chi connectivity index (χ3n) is 2.77. The summed E-state index contributed by atoms with van der Waals surface area (Å²) in [6.45, 7) is -3.06. The number of hydrogen-bond acceptors (Lipinski definition) is 2. The molecule has 0 radical (unpaired) electrons. The zero-order chi connectivity index (χ0) is 17.0. The summed E-state index contributed by atoms with van der Waals surface area (Å²) in [7, 11) is 0. The van der Waals surface area contributed by atoms with Gasteiger partial charge in [-0.2, -0.15) is 8.78 Å². The summed E-state index contributed by atoms with van der Waals surface area (Å²) in [6, 6.07) is 8.04. The van der Waals surface area contributed by atoms with Crippen molar-refractivity contribution in [2.45, 2.75) is 13.0 Å². The van der Waals surface area contributed by atoms with E-state index in [1.54, 1.807) is 0 Å². The maximum Gasteiger partial charge on any atom is 0.387 e. The molecule has 8 heteroatoms. The Morgan fingerprint density at radius 3 is 2.52 bits per heavy atom. The average Bonchev–Trinajstić information content (AvgIpc) is 2.45. The molecule has 3 nitrogen and oxygen atoms in total. The summed E-state index contributed by atoms with van der Waals surface area (Å²) in [5.74, 6) is -1.12. The number of benzene rings is 2. The van der Waals surface area contributed by atoms with E-state index >= 15 is 0 Å². The number of nitrogens with one attached hydrogen (secondary N) is 1. The van der Waals surface area contributed by atoms with Gasteiger partial charge in [0, 0.05) is 5.02 Å². The van der Waals surface area contributed by atoms with Gasteiger partial charge in [-0.05, 0) is 45.8 Å². The second kappa shape index (κ2) is 7.70. The summed E-state index contributed by atoms with van der Waals surface area (Å²) in [5, 5.41) is 2.69. The second-order valence-corrected chi connectivity index (χ2v) is 5.78. The first-order valence-corrected chi connectivity index (χ1v) is 7.50. The molecule has 0 bridgehead atoms. The third kappa shape index (κ3) is 5.14. The number of alkyl halides is 2. The molecule has 0 aromatic heterocycles. The number of anilines is 1. The number of carbonyl (C=O) groups excluding carboxylic acids is 1. The minimum absolute atomic E-state index is 0.0109. The minimum Gasteiger partial charge on any atom is -0.431 e. The summed E-state index contributed by atoms with van der Waals surface area (Å²) >= 11 is 8.91. The van der Waals surface area contributed by atoms with Crippen LogP contribution in [0.1, 0.15) is 5.56 Å². The van der Waals surface area contributed by atoms with Crippen LogP contribution < -0.4 is 10.1 Å². The molecule has 0 aliphatic heterocycles. The maximum absolute atomic E-state index is 12.8.